The second kappa shape index (κ2) is 9.13. The van der Waals surface area contributed by atoms with E-state index >= 15 is 0 Å². The van der Waals surface area contributed by atoms with Gasteiger partial charge in [-0.1, -0.05) is 25.1 Å². The van der Waals surface area contributed by atoms with Crippen LogP contribution in [0.4, 0.5) is 10.5 Å². The highest BCUT2D eigenvalue weighted by Crippen LogP contribution is 2.18. The van der Waals surface area contributed by atoms with Crippen LogP contribution in [0, 0.1) is 10.1 Å². The zero-order chi connectivity index (χ0) is 17.2. The van der Waals surface area contributed by atoms with Crippen molar-refractivity contribution in [2.24, 2.45) is 0 Å². The molecule has 0 aliphatic carbocycles. The first-order chi connectivity index (χ1) is 10.9. The molecule has 0 spiro atoms. The number of imide groups is 1. The molecule has 0 bridgehead atoms. The lowest BCUT2D eigenvalue weighted by Gasteiger charge is -2.07. The molecule has 0 aromatic heterocycles. The van der Waals surface area contributed by atoms with E-state index in [1.54, 1.807) is 6.07 Å². The summed E-state index contributed by atoms with van der Waals surface area (Å²) in [6.45, 7) is 1.63. The van der Waals surface area contributed by atoms with E-state index in [0.29, 0.717) is 13.0 Å². The van der Waals surface area contributed by atoms with E-state index in [2.05, 4.69) is 5.32 Å². The smallest absolute Gasteiger partial charge is 0.321 e. The summed E-state index contributed by atoms with van der Waals surface area (Å²) >= 11 is 0. The number of nitro benzene ring substituents is 1. The Morgan fingerprint density at radius 1 is 1.26 bits per heavy atom. The number of nitrogens with one attached hydrogen (secondary N) is 2. The third kappa shape index (κ3) is 6.55. The molecule has 0 atom stereocenters. The van der Waals surface area contributed by atoms with E-state index < -0.39 is 29.4 Å². The Hall–Kier alpha value is -2.97. The maximum atomic E-state index is 11.6. The summed E-state index contributed by atoms with van der Waals surface area (Å²) in [6.07, 6.45) is 0.374. The van der Waals surface area contributed by atoms with Gasteiger partial charge in [-0.05, 0) is 6.42 Å². The van der Waals surface area contributed by atoms with Crippen LogP contribution in [-0.4, -0.2) is 36.0 Å². The van der Waals surface area contributed by atoms with Gasteiger partial charge in [-0.25, -0.2) is 4.79 Å². The van der Waals surface area contributed by atoms with Crippen LogP contribution in [-0.2, 0) is 20.7 Å². The third-order valence-corrected chi connectivity index (χ3v) is 2.68. The number of hydrogen-bond donors (Lipinski definition) is 2. The second-order valence-corrected chi connectivity index (χ2v) is 4.53. The molecule has 1 aromatic carbocycles. The Kier molecular flexibility index (Phi) is 7.18. The van der Waals surface area contributed by atoms with Crippen LogP contribution >= 0.6 is 0 Å². The van der Waals surface area contributed by atoms with Crippen molar-refractivity contribution >= 4 is 23.6 Å². The van der Waals surface area contributed by atoms with Crippen LogP contribution in [0.1, 0.15) is 18.9 Å². The summed E-state index contributed by atoms with van der Waals surface area (Å²) in [4.78, 5) is 44.4. The number of amides is 3. The van der Waals surface area contributed by atoms with Crippen LogP contribution in [0.15, 0.2) is 24.3 Å². The van der Waals surface area contributed by atoms with E-state index in [9.17, 15) is 24.5 Å². The maximum Gasteiger partial charge on any atom is 0.321 e. The largest absolute Gasteiger partial charge is 0.455 e. The fraction of sp³-hybridized carbons (Fsp3) is 0.357. The normalized spacial score (nSPS) is 9.78. The fourth-order valence-corrected chi connectivity index (χ4v) is 1.64. The SMILES string of the molecule is CCCNC(=O)NC(=O)COC(=O)Cc1ccccc1[N+](=O)[O-]. The summed E-state index contributed by atoms with van der Waals surface area (Å²) in [6, 6.07) is 5.06. The second-order valence-electron chi connectivity index (χ2n) is 4.53. The van der Waals surface area contributed by atoms with Gasteiger partial charge in [0.25, 0.3) is 11.6 Å². The van der Waals surface area contributed by atoms with Crippen molar-refractivity contribution in [2.75, 3.05) is 13.2 Å². The zero-order valence-corrected chi connectivity index (χ0v) is 12.5. The molecule has 1 aromatic rings. The zero-order valence-electron chi connectivity index (χ0n) is 12.5. The molecule has 9 heteroatoms. The Bertz CT molecular complexity index is 602. The predicted molar refractivity (Wildman–Crippen MR) is 79.6 cm³/mol. The number of para-hydroxylation sites is 1. The number of urea groups is 1. The van der Waals surface area contributed by atoms with Crippen LogP contribution in [0.3, 0.4) is 0 Å². The molecule has 0 heterocycles. The molecule has 9 nitrogen and oxygen atoms in total. The number of benzene rings is 1. The van der Waals surface area contributed by atoms with E-state index in [0.717, 1.165) is 0 Å². The van der Waals surface area contributed by atoms with E-state index in [-0.39, 0.29) is 17.7 Å². The summed E-state index contributed by atoms with van der Waals surface area (Å²) in [5.41, 5.74) is -0.0172. The van der Waals surface area contributed by atoms with Gasteiger partial charge in [0.2, 0.25) is 0 Å². The molecule has 0 unspecified atom stereocenters. The lowest BCUT2D eigenvalue weighted by molar-refractivity contribution is -0.385. The minimum Gasteiger partial charge on any atom is -0.455 e. The van der Waals surface area contributed by atoms with E-state index in [1.807, 2.05) is 12.2 Å². The highest BCUT2D eigenvalue weighted by atomic mass is 16.6. The van der Waals surface area contributed by atoms with Gasteiger partial charge in [-0.15, -0.1) is 0 Å². The highest BCUT2D eigenvalue weighted by molar-refractivity contribution is 5.95. The molecule has 0 fully saturated rings. The van der Waals surface area contributed by atoms with Crippen LogP contribution < -0.4 is 10.6 Å². The first-order valence-electron chi connectivity index (χ1n) is 6.89. The van der Waals surface area contributed by atoms with E-state index in [1.165, 1.54) is 18.2 Å². The van der Waals surface area contributed by atoms with Crippen molar-refractivity contribution in [3.05, 3.63) is 39.9 Å². The molecule has 0 saturated heterocycles. The molecule has 3 amide bonds. The molecule has 23 heavy (non-hydrogen) atoms. The number of esters is 1. The molecule has 0 radical (unpaired) electrons. The van der Waals surface area contributed by atoms with Gasteiger partial charge in [0.15, 0.2) is 6.61 Å². The predicted octanol–water partition coefficient (Wildman–Crippen LogP) is 0.916. The summed E-state index contributed by atoms with van der Waals surface area (Å²) in [5.74, 6) is -1.59. The number of nitro groups is 1. The molecule has 1 rings (SSSR count). The third-order valence-electron chi connectivity index (χ3n) is 2.68. The lowest BCUT2D eigenvalue weighted by atomic mass is 10.1. The molecule has 2 N–H and O–H groups in total. The van der Waals surface area contributed by atoms with Crippen molar-refractivity contribution in [1.29, 1.82) is 0 Å². The van der Waals surface area contributed by atoms with Gasteiger partial charge in [-0.3, -0.25) is 25.0 Å². The molecule has 0 aliphatic heterocycles. The first-order valence-corrected chi connectivity index (χ1v) is 6.89. The molecule has 0 saturated carbocycles. The summed E-state index contributed by atoms with van der Waals surface area (Å²) < 4.78 is 4.69. The molecule has 0 aliphatic rings. The van der Waals surface area contributed by atoms with Crippen LogP contribution in [0.25, 0.3) is 0 Å². The van der Waals surface area contributed by atoms with Gasteiger partial charge < -0.3 is 10.1 Å². The Balaban J connectivity index is 2.44. The average molecular weight is 323 g/mol. The lowest BCUT2D eigenvalue weighted by Crippen LogP contribution is -2.41. The standard InChI is InChI=1S/C14H17N3O6/c1-2-7-15-14(20)16-12(18)9-23-13(19)8-10-5-3-4-6-11(10)17(21)22/h3-6H,2,7-9H2,1H3,(H2,15,16,18,20). The van der Waals surface area contributed by atoms with Crippen molar-refractivity contribution in [1.82, 2.24) is 10.6 Å². The van der Waals surface area contributed by atoms with Crippen molar-refractivity contribution < 1.29 is 24.0 Å². The fourth-order valence-electron chi connectivity index (χ4n) is 1.64. The van der Waals surface area contributed by atoms with Gasteiger partial charge in [-0.2, -0.15) is 0 Å². The summed E-state index contributed by atoms with van der Waals surface area (Å²) in [5, 5.41) is 15.2. The quantitative estimate of drug-likeness (QED) is 0.436. The minimum absolute atomic E-state index is 0.184. The monoisotopic (exact) mass is 323 g/mol. The van der Waals surface area contributed by atoms with E-state index in [4.69, 9.17) is 4.74 Å². The van der Waals surface area contributed by atoms with Crippen LogP contribution in [0.2, 0.25) is 0 Å². The maximum absolute atomic E-state index is 11.6. The van der Waals surface area contributed by atoms with Crippen LogP contribution in [0.5, 0.6) is 0 Å². The average Bonchev–Trinajstić information content (AvgIpc) is 2.51. The summed E-state index contributed by atoms with van der Waals surface area (Å²) in [7, 11) is 0. The molecule has 124 valence electrons. The van der Waals surface area contributed by atoms with Gasteiger partial charge in [0.1, 0.15) is 0 Å². The first kappa shape index (κ1) is 18.1. The minimum atomic E-state index is -0.802. The van der Waals surface area contributed by atoms with Gasteiger partial charge in [0, 0.05) is 18.2 Å². The van der Waals surface area contributed by atoms with Crippen molar-refractivity contribution in [3.63, 3.8) is 0 Å². The Morgan fingerprint density at radius 2 is 1.96 bits per heavy atom. The number of rotatable bonds is 7. The van der Waals surface area contributed by atoms with Gasteiger partial charge in [0.05, 0.1) is 11.3 Å². The Labute approximate surface area is 132 Å². The number of carbonyl (C=O) groups is 3. The van der Waals surface area contributed by atoms with Crippen molar-refractivity contribution in [2.45, 2.75) is 19.8 Å². The van der Waals surface area contributed by atoms with Gasteiger partial charge >= 0.3 is 12.0 Å². The molecular formula is C14H17N3O6. The van der Waals surface area contributed by atoms with Crippen molar-refractivity contribution in [3.8, 4) is 0 Å². The Morgan fingerprint density at radius 3 is 2.61 bits per heavy atom. The highest BCUT2D eigenvalue weighted by Gasteiger charge is 2.17. The number of ether oxygens (including phenoxy) is 1. The number of nitrogens with zero attached hydrogens (tertiary/aromatic N) is 1. The topological polar surface area (TPSA) is 128 Å². The number of hydrogen-bond acceptors (Lipinski definition) is 6. The molecular weight excluding hydrogens is 306 g/mol. The number of carbonyl (C=O) groups excluding carboxylic acids is 3.